The Labute approximate surface area is 211 Å². The van der Waals surface area contributed by atoms with Crippen molar-refractivity contribution in [1.82, 2.24) is 4.90 Å². The summed E-state index contributed by atoms with van der Waals surface area (Å²) in [6.45, 7) is 0.591. The monoisotopic (exact) mass is 485 g/mol. The molecular weight excluding hydrogens is 454 g/mol. The molecular formula is C30H31NO5. The number of carbonyl (C=O) groups excluding carboxylic acids is 1. The second-order valence-corrected chi connectivity index (χ2v) is 9.53. The molecule has 0 saturated heterocycles. The van der Waals surface area contributed by atoms with Crippen LogP contribution in [0.4, 0.5) is 0 Å². The van der Waals surface area contributed by atoms with Gasteiger partial charge in [-0.15, -0.1) is 0 Å². The summed E-state index contributed by atoms with van der Waals surface area (Å²) in [4.78, 5) is 27.8. The Morgan fingerprint density at radius 3 is 2.31 bits per heavy atom. The predicted octanol–water partition coefficient (Wildman–Crippen LogP) is 5.30. The van der Waals surface area contributed by atoms with Gasteiger partial charge in [-0.05, 0) is 35.6 Å². The fourth-order valence-corrected chi connectivity index (χ4v) is 5.19. The number of rotatable bonds is 8. The molecule has 0 radical (unpaired) electrons. The van der Waals surface area contributed by atoms with Crippen molar-refractivity contribution in [3.63, 3.8) is 0 Å². The highest BCUT2D eigenvalue weighted by atomic mass is 16.5. The molecule has 5 rings (SSSR count). The minimum atomic E-state index is -1.03. The Morgan fingerprint density at radius 2 is 1.61 bits per heavy atom. The molecule has 1 amide bonds. The van der Waals surface area contributed by atoms with Gasteiger partial charge in [0.25, 0.3) is 5.91 Å². The van der Waals surface area contributed by atoms with E-state index in [1.165, 1.54) is 4.90 Å². The van der Waals surface area contributed by atoms with Gasteiger partial charge < -0.3 is 19.5 Å². The SMILES string of the molecule is O=C(O)[C@H]1Cc2c(cccc2OCc2ccccc2)CN1C(=O)[C@@H](OC1CCCC1)c1ccccc1. The normalized spacial score (nSPS) is 18.4. The average Bonchev–Trinajstić information content (AvgIpc) is 3.44. The van der Waals surface area contributed by atoms with Crippen molar-refractivity contribution in [1.29, 1.82) is 0 Å². The van der Waals surface area contributed by atoms with E-state index < -0.39 is 18.1 Å². The highest BCUT2D eigenvalue weighted by Crippen LogP contribution is 2.35. The van der Waals surface area contributed by atoms with Gasteiger partial charge in [-0.3, -0.25) is 4.79 Å². The third-order valence-electron chi connectivity index (χ3n) is 7.11. The molecule has 1 saturated carbocycles. The molecule has 6 nitrogen and oxygen atoms in total. The third kappa shape index (κ3) is 5.29. The molecule has 1 heterocycles. The van der Waals surface area contributed by atoms with Crippen molar-refractivity contribution in [2.24, 2.45) is 0 Å². The highest BCUT2D eigenvalue weighted by Gasteiger charge is 2.40. The van der Waals surface area contributed by atoms with Crippen LogP contribution in [0.1, 0.15) is 54.0 Å². The first kappa shape index (κ1) is 24.1. The molecule has 0 spiro atoms. The molecule has 186 valence electrons. The lowest BCUT2D eigenvalue weighted by Crippen LogP contribution is -2.50. The van der Waals surface area contributed by atoms with Crippen molar-refractivity contribution in [3.8, 4) is 5.75 Å². The molecule has 2 aliphatic rings. The van der Waals surface area contributed by atoms with Crippen LogP contribution in [-0.2, 0) is 33.9 Å². The zero-order valence-corrected chi connectivity index (χ0v) is 20.2. The van der Waals surface area contributed by atoms with E-state index in [0.717, 1.165) is 47.9 Å². The van der Waals surface area contributed by atoms with Gasteiger partial charge in [0.05, 0.1) is 6.10 Å². The van der Waals surface area contributed by atoms with Crippen LogP contribution in [0.25, 0.3) is 0 Å². The van der Waals surface area contributed by atoms with Crippen molar-refractivity contribution in [2.75, 3.05) is 0 Å². The largest absolute Gasteiger partial charge is 0.489 e. The smallest absolute Gasteiger partial charge is 0.326 e. The molecule has 1 aliphatic carbocycles. The van der Waals surface area contributed by atoms with Gasteiger partial charge in [0.1, 0.15) is 18.4 Å². The molecule has 2 atom stereocenters. The first-order chi connectivity index (χ1) is 17.6. The Morgan fingerprint density at radius 1 is 0.917 bits per heavy atom. The number of aliphatic carboxylic acids is 1. The zero-order valence-electron chi connectivity index (χ0n) is 20.2. The van der Waals surface area contributed by atoms with Crippen LogP contribution in [0.5, 0.6) is 5.75 Å². The van der Waals surface area contributed by atoms with Crippen LogP contribution >= 0.6 is 0 Å². The molecule has 6 heteroatoms. The van der Waals surface area contributed by atoms with E-state index in [2.05, 4.69) is 0 Å². The summed E-state index contributed by atoms with van der Waals surface area (Å²) in [6, 6.07) is 24.0. The summed E-state index contributed by atoms with van der Waals surface area (Å²) in [5.74, 6) is -0.669. The number of fused-ring (bicyclic) bond motifs is 1. The molecule has 1 N–H and O–H groups in total. The van der Waals surface area contributed by atoms with Gasteiger partial charge in [0.2, 0.25) is 0 Å². The number of ether oxygens (including phenoxy) is 2. The van der Waals surface area contributed by atoms with E-state index in [1.807, 2.05) is 78.9 Å². The van der Waals surface area contributed by atoms with Gasteiger partial charge in [-0.1, -0.05) is 85.6 Å². The zero-order chi connectivity index (χ0) is 24.9. The summed E-state index contributed by atoms with van der Waals surface area (Å²) in [5.41, 5.74) is 3.54. The molecule has 0 aromatic heterocycles. The van der Waals surface area contributed by atoms with Crippen LogP contribution in [0.2, 0.25) is 0 Å². The number of nitrogens with zero attached hydrogens (tertiary/aromatic N) is 1. The van der Waals surface area contributed by atoms with Gasteiger partial charge in [-0.2, -0.15) is 0 Å². The molecule has 3 aromatic carbocycles. The average molecular weight is 486 g/mol. The number of amides is 1. The van der Waals surface area contributed by atoms with Gasteiger partial charge in [-0.25, -0.2) is 4.79 Å². The Bertz CT molecular complexity index is 1190. The fourth-order valence-electron chi connectivity index (χ4n) is 5.19. The van der Waals surface area contributed by atoms with Gasteiger partial charge >= 0.3 is 5.97 Å². The molecule has 0 bridgehead atoms. The van der Waals surface area contributed by atoms with Gasteiger partial charge in [0, 0.05) is 18.5 Å². The van der Waals surface area contributed by atoms with Crippen molar-refractivity contribution in [2.45, 2.75) is 63.5 Å². The summed E-state index contributed by atoms with van der Waals surface area (Å²) < 4.78 is 12.4. The minimum absolute atomic E-state index is 0.0116. The van der Waals surface area contributed by atoms with Crippen molar-refractivity contribution >= 4 is 11.9 Å². The predicted molar refractivity (Wildman–Crippen MR) is 135 cm³/mol. The maximum Gasteiger partial charge on any atom is 0.326 e. The molecule has 1 aliphatic heterocycles. The molecule has 1 fully saturated rings. The number of carboxylic acids is 1. The quantitative estimate of drug-likeness (QED) is 0.468. The summed E-state index contributed by atoms with van der Waals surface area (Å²) in [6.07, 6.45) is 3.38. The van der Waals surface area contributed by atoms with Crippen LogP contribution in [0.15, 0.2) is 78.9 Å². The number of hydrogen-bond acceptors (Lipinski definition) is 4. The van der Waals surface area contributed by atoms with Crippen LogP contribution in [0, 0.1) is 0 Å². The molecule has 36 heavy (non-hydrogen) atoms. The van der Waals surface area contributed by atoms with Crippen LogP contribution < -0.4 is 4.74 Å². The number of carbonyl (C=O) groups is 2. The van der Waals surface area contributed by atoms with E-state index in [-0.39, 0.29) is 25.0 Å². The maximum absolute atomic E-state index is 13.9. The van der Waals surface area contributed by atoms with Crippen molar-refractivity contribution < 1.29 is 24.2 Å². The lowest BCUT2D eigenvalue weighted by Gasteiger charge is -2.37. The van der Waals surface area contributed by atoms with E-state index in [0.29, 0.717) is 12.4 Å². The van der Waals surface area contributed by atoms with Crippen LogP contribution in [-0.4, -0.2) is 34.0 Å². The summed E-state index contributed by atoms with van der Waals surface area (Å²) in [7, 11) is 0. The van der Waals surface area contributed by atoms with Crippen molar-refractivity contribution in [3.05, 3.63) is 101 Å². The topological polar surface area (TPSA) is 76.1 Å². The fraction of sp³-hybridized carbons (Fsp3) is 0.333. The van der Waals surface area contributed by atoms with E-state index in [4.69, 9.17) is 9.47 Å². The summed E-state index contributed by atoms with van der Waals surface area (Å²) in [5, 5.41) is 10.1. The summed E-state index contributed by atoms with van der Waals surface area (Å²) >= 11 is 0. The van der Waals surface area contributed by atoms with E-state index in [1.54, 1.807) is 0 Å². The third-order valence-corrected chi connectivity index (χ3v) is 7.11. The van der Waals surface area contributed by atoms with E-state index >= 15 is 0 Å². The Kier molecular flexibility index (Phi) is 7.33. The first-order valence-corrected chi connectivity index (χ1v) is 12.6. The van der Waals surface area contributed by atoms with E-state index in [9.17, 15) is 14.7 Å². The lowest BCUT2D eigenvalue weighted by molar-refractivity contribution is -0.160. The van der Waals surface area contributed by atoms with Crippen LogP contribution in [0.3, 0.4) is 0 Å². The maximum atomic E-state index is 13.9. The first-order valence-electron chi connectivity index (χ1n) is 12.6. The number of benzene rings is 3. The standard InChI is InChI=1S/C30H31NO5/c32-29(28(22-12-5-2-6-13-22)36-24-15-7-8-16-24)31-19-23-14-9-17-27(25(23)18-26(31)30(33)34)35-20-21-10-3-1-4-11-21/h1-6,9-14,17,24,26,28H,7-8,15-16,18-20H2,(H,33,34)/t26-,28+/m1/s1. The lowest BCUT2D eigenvalue weighted by atomic mass is 9.92. The second-order valence-electron chi connectivity index (χ2n) is 9.53. The second kappa shape index (κ2) is 11.0. The Balaban J connectivity index is 1.41. The molecule has 0 unspecified atom stereocenters. The highest BCUT2D eigenvalue weighted by molar-refractivity contribution is 5.88. The molecule has 3 aromatic rings. The minimum Gasteiger partial charge on any atom is -0.489 e. The van der Waals surface area contributed by atoms with Gasteiger partial charge in [0.15, 0.2) is 6.10 Å². The Hall–Kier alpha value is -3.64. The number of hydrogen-bond donors (Lipinski definition) is 1. The number of carboxylic acid groups (broad SMARTS) is 1.